The third kappa shape index (κ3) is 1.95. The minimum atomic E-state index is -0.591. The van der Waals surface area contributed by atoms with Crippen LogP contribution in [-0.2, 0) is 0 Å². The van der Waals surface area contributed by atoms with E-state index in [0.717, 1.165) is 16.8 Å². The molecule has 0 bridgehead atoms. The molecule has 1 aliphatic heterocycles. The molecule has 3 aromatic rings. The molecule has 23 heavy (non-hydrogen) atoms. The zero-order valence-corrected chi connectivity index (χ0v) is 12.1. The molecule has 0 fully saturated rings. The zero-order chi connectivity index (χ0) is 16.1. The fraction of sp³-hybridized carbons (Fsp3) is 0.133. The summed E-state index contributed by atoms with van der Waals surface area (Å²) in [6, 6.07) is 6.69. The van der Waals surface area contributed by atoms with E-state index in [4.69, 9.17) is 0 Å². The Labute approximate surface area is 129 Å². The number of nitrogens with one attached hydrogen (secondary N) is 4. The van der Waals surface area contributed by atoms with Crippen LogP contribution in [0.4, 0.5) is 11.6 Å². The average Bonchev–Trinajstić information content (AvgIpc) is 2.86. The molecule has 4 rings (SSSR count). The van der Waals surface area contributed by atoms with Crippen molar-refractivity contribution in [3.8, 4) is 5.75 Å². The van der Waals surface area contributed by atoms with Gasteiger partial charge in [-0.2, -0.15) is 5.10 Å². The Morgan fingerprint density at radius 2 is 2.00 bits per heavy atom. The Hall–Kier alpha value is -3.29. The fourth-order valence-electron chi connectivity index (χ4n) is 3.06. The Kier molecular flexibility index (Phi) is 2.68. The van der Waals surface area contributed by atoms with Gasteiger partial charge in [-0.05, 0) is 24.6 Å². The van der Waals surface area contributed by atoms with E-state index < -0.39 is 17.2 Å². The lowest BCUT2D eigenvalue weighted by molar-refractivity contribution is 0.474. The highest BCUT2D eigenvalue weighted by Crippen LogP contribution is 2.43. The molecule has 8 heteroatoms. The number of H-pyrrole nitrogens is 3. The standard InChI is InChI=1S/C15H13N5O3/c1-6-9-10(7-3-2-4-8(21)5-7)11-12(16-13(9)20-19-6)17-15(23)18-14(11)22/h2-5,10,21H,1H3,(H4,16,17,18,19,20,22,23). The van der Waals surface area contributed by atoms with Crippen molar-refractivity contribution in [3.63, 3.8) is 0 Å². The first-order chi connectivity index (χ1) is 11.0. The highest BCUT2D eigenvalue weighted by Gasteiger charge is 2.33. The number of anilines is 2. The topological polar surface area (TPSA) is 127 Å². The summed E-state index contributed by atoms with van der Waals surface area (Å²) in [5.74, 6) is 0.509. The Morgan fingerprint density at radius 1 is 1.17 bits per heavy atom. The van der Waals surface area contributed by atoms with Crippen LogP contribution in [0.1, 0.15) is 28.3 Å². The van der Waals surface area contributed by atoms with Gasteiger partial charge in [0.15, 0.2) is 5.82 Å². The number of aryl methyl sites for hydroxylation is 1. The second-order valence-corrected chi connectivity index (χ2v) is 5.46. The van der Waals surface area contributed by atoms with Crippen LogP contribution in [0, 0.1) is 6.92 Å². The van der Waals surface area contributed by atoms with Gasteiger partial charge < -0.3 is 10.4 Å². The number of rotatable bonds is 1. The number of nitrogens with zero attached hydrogens (tertiary/aromatic N) is 1. The van der Waals surface area contributed by atoms with E-state index in [-0.39, 0.29) is 5.75 Å². The largest absolute Gasteiger partial charge is 0.508 e. The van der Waals surface area contributed by atoms with Gasteiger partial charge in [0.05, 0.1) is 5.56 Å². The maximum Gasteiger partial charge on any atom is 0.327 e. The fourth-order valence-corrected chi connectivity index (χ4v) is 3.06. The molecule has 3 heterocycles. The quantitative estimate of drug-likeness (QED) is 0.359. The molecular weight excluding hydrogens is 298 g/mol. The van der Waals surface area contributed by atoms with Crippen molar-refractivity contribution in [1.29, 1.82) is 0 Å². The summed E-state index contributed by atoms with van der Waals surface area (Å²) in [4.78, 5) is 28.8. The number of aromatic amines is 3. The molecular formula is C15H13N5O3. The van der Waals surface area contributed by atoms with Gasteiger partial charge in [0.1, 0.15) is 11.6 Å². The van der Waals surface area contributed by atoms with Gasteiger partial charge in [-0.15, -0.1) is 0 Å². The molecule has 5 N–H and O–H groups in total. The van der Waals surface area contributed by atoms with Crippen LogP contribution in [0.15, 0.2) is 33.9 Å². The van der Waals surface area contributed by atoms with Crippen molar-refractivity contribution >= 4 is 11.6 Å². The smallest absolute Gasteiger partial charge is 0.327 e. The van der Waals surface area contributed by atoms with Crippen molar-refractivity contribution in [2.75, 3.05) is 5.32 Å². The molecule has 1 atom stereocenters. The number of aromatic hydroxyl groups is 1. The van der Waals surface area contributed by atoms with E-state index in [1.54, 1.807) is 18.2 Å². The highest BCUT2D eigenvalue weighted by atomic mass is 16.3. The molecule has 0 amide bonds. The lowest BCUT2D eigenvalue weighted by Crippen LogP contribution is -2.31. The van der Waals surface area contributed by atoms with E-state index in [1.807, 2.05) is 13.0 Å². The van der Waals surface area contributed by atoms with Crippen molar-refractivity contribution in [2.24, 2.45) is 0 Å². The summed E-state index contributed by atoms with van der Waals surface area (Å²) >= 11 is 0. The van der Waals surface area contributed by atoms with Gasteiger partial charge in [-0.3, -0.25) is 19.9 Å². The molecule has 0 aliphatic carbocycles. The molecule has 0 saturated carbocycles. The summed E-state index contributed by atoms with van der Waals surface area (Å²) in [5, 5.41) is 19.8. The summed E-state index contributed by atoms with van der Waals surface area (Å²) in [6.07, 6.45) is 0. The lowest BCUT2D eigenvalue weighted by atomic mass is 9.83. The minimum Gasteiger partial charge on any atom is -0.508 e. The van der Waals surface area contributed by atoms with Crippen LogP contribution in [0.5, 0.6) is 5.75 Å². The molecule has 1 unspecified atom stereocenters. The predicted octanol–water partition coefficient (Wildman–Crippen LogP) is 1.04. The zero-order valence-electron chi connectivity index (χ0n) is 12.1. The van der Waals surface area contributed by atoms with E-state index in [0.29, 0.717) is 17.2 Å². The summed E-state index contributed by atoms with van der Waals surface area (Å²) in [7, 11) is 0. The predicted molar refractivity (Wildman–Crippen MR) is 83.3 cm³/mol. The normalized spacial score (nSPS) is 15.6. The van der Waals surface area contributed by atoms with Gasteiger partial charge in [-0.25, -0.2) is 4.79 Å². The van der Waals surface area contributed by atoms with E-state index >= 15 is 0 Å². The number of phenols is 1. The molecule has 1 aromatic carbocycles. The molecule has 0 radical (unpaired) electrons. The van der Waals surface area contributed by atoms with Crippen molar-refractivity contribution in [1.82, 2.24) is 20.2 Å². The highest BCUT2D eigenvalue weighted by molar-refractivity contribution is 5.71. The number of phenolic OH excluding ortho intramolecular Hbond substituents is 1. The first kappa shape index (κ1) is 13.4. The van der Waals surface area contributed by atoms with Gasteiger partial charge in [0, 0.05) is 17.2 Å². The van der Waals surface area contributed by atoms with E-state index in [2.05, 4.69) is 25.5 Å². The first-order valence-electron chi connectivity index (χ1n) is 7.02. The van der Waals surface area contributed by atoms with Crippen LogP contribution in [0.25, 0.3) is 0 Å². The van der Waals surface area contributed by atoms with Gasteiger partial charge in [0.2, 0.25) is 0 Å². The SMILES string of the molecule is Cc1[nH]nc2c1C(c1cccc(O)c1)c1c([nH]c(=O)[nH]c1=O)N2. The maximum atomic E-state index is 12.4. The van der Waals surface area contributed by atoms with Gasteiger partial charge in [0.25, 0.3) is 5.56 Å². The molecule has 0 spiro atoms. The molecule has 116 valence electrons. The lowest BCUT2D eigenvalue weighted by Gasteiger charge is -2.25. The third-order valence-corrected chi connectivity index (χ3v) is 4.00. The summed E-state index contributed by atoms with van der Waals surface area (Å²) in [6.45, 7) is 1.86. The van der Waals surface area contributed by atoms with Crippen LogP contribution < -0.4 is 16.6 Å². The molecule has 2 aromatic heterocycles. The molecule has 1 aliphatic rings. The first-order valence-corrected chi connectivity index (χ1v) is 7.02. The van der Waals surface area contributed by atoms with Crippen molar-refractivity contribution in [2.45, 2.75) is 12.8 Å². The molecule has 0 saturated heterocycles. The summed E-state index contributed by atoms with van der Waals surface area (Å²) in [5.41, 5.74) is 1.66. The number of aromatic nitrogens is 4. The minimum absolute atomic E-state index is 0.103. The van der Waals surface area contributed by atoms with Crippen molar-refractivity contribution in [3.05, 3.63) is 67.5 Å². The van der Waals surface area contributed by atoms with Crippen molar-refractivity contribution < 1.29 is 5.11 Å². The maximum absolute atomic E-state index is 12.4. The number of fused-ring (bicyclic) bond motifs is 2. The Balaban J connectivity index is 2.07. The second kappa shape index (κ2) is 4.60. The van der Waals surface area contributed by atoms with Crippen LogP contribution in [0.2, 0.25) is 0 Å². The Bertz CT molecular complexity index is 1030. The van der Waals surface area contributed by atoms with Gasteiger partial charge >= 0.3 is 5.69 Å². The third-order valence-electron chi connectivity index (χ3n) is 4.00. The second-order valence-electron chi connectivity index (χ2n) is 5.46. The summed E-state index contributed by atoms with van der Waals surface area (Å²) < 4.78 is 0. The number of hydrogen-bond acceptors (Lipinski definition) is 5. The van der Waals surface area contributed by atoms with E-state index in [9.17, 15) is 14.7 Å². The van der Waals surface area contributed by atoms with Crippen LogP contribution in [-0.4, -0.2) is 25.3 Å². The van der Waals surface area contributed by atoms with Crippen LogP contribution >= 0.6 is 0 Å². The van der Waals surface area contributed by atoms with E-state index in [1.165, 1.54) is 0 Å². The van der Waals surface area contributed by atoms with Crippen LogP contribution in [0.3, 0.4) is 0 Å². The average molecular weight is 311 g/mol. The molecule has 8 nitrogen and oxygen atoms in total. The Morgan fingerprint density at radius 3 is 2.78 bits per heavy atom. The monoisotopic (exact) mass is 311 g/mol. The number of benzene rings is 1. The van der Waals surface area contributed by atoms with Gasteiger partial charge in [-0.1, -0.05) is 12.1 Å². The number of hydrogen-bond donors (Lipinski definition) is 5.